The van der Waals surface area contributed by atoms with Crippen LogP contribution in [0.15, 0.2) is 0 Å². The van der Waals surface area contributed by atoms with E-state index in [-0.39, 0.29) is 17.6 Å². The van der Waals surface area contributed by atoms with E-state index in [0.29, 0.717) is 5.75 Å². The fourth-order valence-corrected chi connectivity index (χ4v) is 3.71. The second kappa shape index (κ2) is 16.6. The van der Waals surface area contributed by atoms with Gasteiger partial charge < -0.3 is 5.32 Å². The van der Waals surface area contributed by atoms with Crippen molar-refractivity contribution in [3.05, 3.63) is 0 Å². The zero-order chi connectivity index (χ0) is 17.3. The molecule has 5 heteroatoms. The Kier molecular flexibility index (Phi) is 16.5. The molecular weight excluding hydrogens is 330 g/mol. The van der Waals surface area contributed by atoms with Crippen LogP contribution < -0.4 is 5.32 Å². The summed E-state index contributed by atoms with van der Waals surface area (Å²) >= 11 is 7.30. The summed E-state index contributed by atoms with van der Waals surface area (Å²) in [5.74, 6) is 1.36. The van der Waals surface area contributed by atoms with Crippen LogP contribution in [0.1, 0.15) is 78.1 Å². The van der Waals surface area contributed by atoms with Crippen molar-refractivity contribution >= 4 is 35.1 Å². The first-order valence-corrected chi connectivity index (χ1v) is 10.7. The molecule has 0 aliphatic rings. The molecule has 0 spiro atoms. The predicted octanol–water partition coefficient (Wildman–Crippen LogP) is 4.95. The number of ketones is 1. The predicted molar refractivity (Wildman–Crippen MR) is 103 cm³/mol. The number of thioether (sulfide) groups is 1. The molecule has 136 valence electrons. The minimum Gasteiger partial charge on any atom is -0.346 e. The van der Waals surface area contributed by atoms with E-state index in [1.807, 2.05) is 0 Å². The molecule has 1 atom stereocenters. The van der Waals surface area contributed by atoms with E-state index < -0.39 is 6.04 Å². The average molecular weight is 364 g/mol. The second-order valence-corrected chi connectivity index (χ2v) is 7.53. The Labute approximate surface area is 151 Å². The van der Waals surface area contributed by atoms with Crippen molar-refractivity contribution in [1.29, 1.82) is 0 Å². The molecule has 1 amide bonds. The molecule has 1 N–H and O–H groups in total. The summed E-state index contributed by atoms with van der Waals surface area (Å²) in [4.78, 5) is 22.7. The van der Waals surface area contributed by atoms with Gasteiger partial charge in [-0.25, -0.2) is 0 Å². The number of carbonyl (C=O) groups is 2. The summed E-state index contributed by atoms with van der Waals surface area (Å²) in [7, 11) is 0. The lowest BCUT2D eigenvalue weighted by molar-refractivity contribution is -0.124. The molecule has 0 aromatic heterocycles. The maximum absolute atomic E-state index is 11.6. The van der Waals surface area contributed by atoms with E-state index in [4.69, 9.17) is 11.6 Å². The topological polar surface area (TPSA) is 46.2 Å². The Morgan fingerprint density at radius 1 is 0.957 bits per heavy atom. The number of hydrogen-bond acceptors (Lipinski definition) is 3. The van der Waals surface area contributed by atoms with E-state index in [0.717, 1.165) is 5.75 Å². The van der Waals surface area contributed by atoms with Crippen molar-refractivity contribution in [2.45, 2.75) is 84.1 Å². The molecule has 0 aliphatic carbocycles. The number of alkyl halides is 1. The highest BCUT2D eigenvalue weighted by Crippen LogP contribution is 2.13. The van der Waals surface area contributed by atoms with Gasteiger partial charge in [-0.2, -0.15) is 11.8 Å². The first kappa shape index (κ1) is 22.8. The van der Waals surface area contributed by atoms with Crippen LogP contribution in [0.5, 0.6) is 0 Å². The molecule has 0 radical (unpaired) electrons. The van der Waals surface area contributed by atoms with E-state index in [2.05, 4.69) is 12.2 Å². The molecule has 0 saturated heterocycles. The van der Waals surface area contributed by atoms with Crippen molar-refractivity contribution in [1.82, 2.24) is 5.32 Å². The SMILES string of the molecule is CCCCCCCCCCCCSC[C@H](NC(C)=O)C(=O)CCl. The summed E-state index contributed by atoms with van der Waals surface area (Å²) in [6, 6.07) is -0.432. The van der Waals surface area contributed by atoms with Crippen LogP contribution >= 0.6 is 23.4 Å². The molecule has 0 saturated carbocycles. The Morgan fingerprint density at radius 2 is 1.48 bits per heavy atom. The third-order valence-corrected chi connectivity index (χ3v) is 5.23. The van der Waals surface area contributed by atoms with E-state index in [9.17, 15) is 9.59 Å². The Bertz CT molecular complexity index is 313. The molecule has 0 unspecified atom stereocenters. The number of rotatable bonds is 16. The molecule has 0 fully saturated rings. The van der Waals surface area contributed by atoms with Gasteiger partial charge in [0.2, 0.25) is 5.91 Å². The van der Waals surface area contributed by atoms with Crippen molar-refractivity contribution in [2.24, 2.45) is 0 Å². The Balaban J connectivity index is 3.45. The third kappa shape index (κ3) is 15.1. The van der Waals surface area contributed by atoms with E-state index in [1.165, 1.54) is 71.1 Å². The maximum atomic E-state index is 11.6. The fraction of sp³-hybridized carbons (Fsp3) is 0.889. The lowest BCUT2D eigenvalue weighted by Crippen LogP contribution is -2.42. The lowest BCUT2D eigenvalue weighted by atomic mass is 10.1. The molecule has 0 bridgehead atoms. The minimum absolute atomic E-state index is 0.0379. The van der Waals surface area contributed by atoms with Gasteiger partial charge in [0.15, 0.2) is 5.78 Å². The molecular formula is C18H34ClNO2S. The summed E-state index contributed by atoms with van der Waals surface area (Å²) in [5.41, 5.74) is 0. The summed E-state index contributed by atoms with van der Waals surface area (Å²) in [5, 5.41) is 2.68. The average Bonchev–Trinajstić information content (AvgIpc) is 2.53. The Hall–Kier alpha value is -0.220. The number of hydrogen-bond donors (Lipinski definition) is 1. The van der Waals surface area contributed by atoms with Gasteiger partial charge in [0.25, 0.3) is 0 Å². The minimum atomic E-state index is -0.432. The van der Waals surface area contributed by atoms with Crippen molar-refractivity contribution < 1.29 is 9.59 Å². The zero-order valence-electron chi connectivity index (χ0n) is 14.9. The number of amides is 1. The molecule has 0 rings (SSSR count). The van der Waals surface area contributed by atoms with Crippen LogP contribution in [0, 0.1) is 0 Å². The molecule has 3 nitrogen and oxygen atoms in total. The monoisotopic (exact) mass is 363 g/mol. The highest BCUT2D eigenvalue weighted by molar-refractivity contribution is 7.99. The van der Waals surface area contributed by atoms with E-state index in [1.54, 1.807) is 11.8 Å². The lowest BCUT2D eigenvalue weighted by Gasteiger charge is -2.15. The second-order valence-electron chi connectivity index (χ2n) is 6.11. The summed E-state index contributed by atoms with van der Waals surface area (Å²) in [6.07, 6.45) is 13.3. The van der Waals surface area contributed by atoms with Gasteiger partial charge in [0, 0.05) is 12.7 Å². The number of Topliss-reactive ketones (excluding diaryl/α,β-unsaturated/α-hetero) is 1. The fourth-order valence-electron chi connectivity index (χ4n) is 2.45. The number of carbonyl (C=O) groups excluding carboxylic acids is 2. The molecule has 0 aromatic rings. The van der Waals surface area contributed by atoms with Crippen LogP contribution in [0.2, 0.25) is 0 Å². The summed E-state index contributed by atoms with van der Waals surface area (Å²) < 4.78 is 0. The van der Waals surface area contributed by atoms with Crippen molar-refractivity contribution in [2.75, 3.05) is 17.4 Å². The standard InChI is InChI=1S/C18H34ClNO2S/c1-3-4-5-6-7-8-9-10-11-12-13-23-15-17(18(22)14-19)20-16(2)21/h17H,3-15H2,1-2H3,(H,20,21)/t17-/m0/s1. The normalized spacial score (nSPS) is 12.1. The highest BCUT2D eigenvalue weighted by Gasteiger charge is 2.17. The first-order valence-electron chi connectivity index (χ1n) is 9.05. The van der Waals surface area contributed by atoms with Gasteiger partial charge in [-0.15, -0.1) is 11.6 Å². The smallest absolute Gasteiger partial charge is 0.217 e. The van der Waals surface area contributed by atoms with Crippen LogP contribution in [0.3, 0.4) is 0 Å². The number of halogens is 1. The largest absolute Gasteiger partial charge is 0.346 e. The van der Waals surface area contributed by atoms with Crippen molar-refractivity contribution in [3.8, 4) is 0 Å². The molecule has 0 aliphatic heterocycles. The maximum Gasteiger partial charge on any atom is 0.217 e. The van der Waals surface area contributed by atoms with E-state index >= 15 is 0 Å². The van der Waals surface area contributed by atoms with Crippen LogP contribution in [-0.2, 0) is 9.59 Å². The number of unbranched alkanes of at least 4 members (excludes halogenated alkanes) is 9. The third-order valence-electron chi connectivity index (χ3n) is 3.82. The Morgan fingerprint density at radius 3 is 1.96 bits per heavy atom. The zero-order valence-corrected chi connectivity index (χ0v) is 16.4. The van der Waals surface area contributed by atoms with Gasteiger partial charge in [-0.3, -0.25) is 9.59 Å². The van der Waals surface area contributed by atoms with Gasteiger partial charge in [-0.1, -0.05) is 64.7 Å². The van der Waals surface area contributed by atoms with Gasteiger partial charge in [-0.05, 0) is 12.2 Å². The first-order chi connectivity index (χ1) is 11.1. The van der Waals surface area contributed by atoms with Crippen molar-refractivity contribution in [3.63, 3.8) is 0 Å². The number of nitrogens with one attached hydrogen (secondary N) is 1. The molecule has 0 heterocycles. The quantitative estimate of drug-likeness (QED) is 0.311. The van der Waals surface area contributed by atoms with Crippen LogP contribution in [0.4, 0.5) is 0 Å². The van der Waals surface area contributed by atoms with Crippen LogP contribution in [0.25, 0.3) is 0 Å². The summed E-state index contributed by atoms with van der Waals surface area (Å²) in [6.45, 7) is 3.68. The highest BCUT2D eigenvalue weighted by atomic mass is 35.5. The van der Waals surface area contributed by atoms with Gasteiger partial charge >= 0.3 is 0 Å². The molecule has 0 aromatic carbocycles. The molecule has 23 heavy (non-hydrogen) atoms. The van der Waals surface area contributed by atoms with Crippen LogP contribution in [-0.4, -0.2) is 35.1 Å². The van der Waals surface area contributed by atoms with Gasteiger partial charge in [0.1, 0.15) is 0 Å². The van der Waals surface area contributed by atoms with Gasteiger partial charge in [0.05, 0.1) is 11.9 Å².